The van der Waals surface area contributed by atoms with Gasteiger partial charge in [-0.05, 0) is 13.1 Å². The maximum atomic E-state index is 4.00. The summed E-state index contributed by atoms with van der Waals surface area (Å²) in [6.07, 6.45) is 5.69. The van der Waals surface area contributed by atoms with Crippen molar-refractivity contribution in [1.82, 2.24) is 14.5 Å². The second-order valence-electron chi connectivity index (χ2n) is 2.83. The molecule has 68 valence electrons. The molecule has 3 heteroatoms. The van der Waals surface area contributed by atoms with E-state index >= 15 is 0 Å². The van der Waals surface area contributed by atoms with Crippen molar-refractivity contribution in [3.05, 3.63) is 18.7 Å². The number of hydrogen-bond donors (Lipinski definition) is 0. The van der Waals surface area contributed by atoms with Crippen molar-refractivity contribution >= 4 is 0 Å². The average molecular weight is 167 g/mol. The normalized spacial score (nSPS) is 10.9. The van der Waals surface area contributed by atoms with Crippen LogP contribution in [-0.4, -0.2) is 34.1 Å². The first-order valence-electron chi connectivity index (χ1n) is 4.55. The fraction of sp³-hybridized carbons (Fsp3) is 0.667. The molecular formula is C9H17N3. The Hall–Kier alpha value is -0.830. The van der Waals surface area contributed by atoms with E-state index in [2.05, 4.69) is 28.3 Å². The van der Waals surface area contributed by atoms with Crippen molar-refractivity contribution in [1.29, 1.82) is 0 Å². The highest BCUT2D eigenvalue weighted by atomic mass is 15.1. The molecule has 0 fully saturated rings. The van der Waals surface area contributed by atoms with Gasteiger partial charge in [-0.1, -0.05) is 13.8 Å². The summed E-state index contributed by atoms with van der Waals surface area (Å²) in [4.78, 5) is 6.40. The Bertz CT molecular complexity index is 190. The molecular weight excluding hydrogens is 150 g/mol. The smallest absolute Gasteiger partial charge is 0.0946 e. The Balaban J connectivity index is 2.25. The second kappa shape index (κ2) is 4.93. The van der Waals surface area contributed by atoms with E-state index in [0.29, 0.717) is 0 Å². The molecule has 0 radical (unpaired) electrons. The lowest BCUT2D eigenvalue weighted by molar-refractivity contribution is 0.290. The zero-order valence-corrected chi connectivity index (χ0v) is 7.90. The molecule has 3 nitrogen and oxygen atoms in total. The number of nitrogens with zero attached hydrogens (tertiary/aromatic N) is 3. The highest BCUT2D eigenvalue weighted by Gasteiger charge is 1.97. The average Bonchev–Trinajstić information content (AvgIpc) is 2.59. The van der Waals surface area contributed by atoms with Crippen molar-refractivity contribution < 1.29 is 0 Å². The highest BCUT2D eigenvalue weighted by Crippen LogP contribution is 1.90. The Morgan fingerprint density at radius 2 is 2.08 bits per heavy atom. The van der Waals surface area contributed by atoms with Gasteiger partial charge in [0.1, 0.15) is 0 Å². The largest absolute Gasteiger partial charge is 0.336 e. The lowest BCUT2D eigenvalue weighted by Gasteiger charge is -2.17. The minimum absolute atomic E-state index is 1.04. The van der Waals surface area contributed by atoms with Gasteiger partial charge in [-0.2, -0.15) is 0 Å². The van der Waals surface area contributed by atoms with Crippen LogP contribution in [0, 0.1) is 0 Å². The predicted molar refractivity (Wildman–Crippen MR) is 50.0 cm³/mol. The molecule has 0 N–H and O–H groups in total. The molecule has 0 aromatic carbocycles. The summed E-state index contributed by atoms with van der Waals surface area (Å²) >= 11 is 0. The number of imidazole rings is 1. The van der Waals surface area contributed by atoms with E-state index in [1.165, 1.54) is 0 Å². The minimum Gasteiger partial charge on any atom is -0.336 e. The number of likely N-dealkylation sites (N-methyl/N-ethyl adjacent to an activating group) is 1. The van der Waals surface area contributed by atoms with Crippen LogP contribution < -0.4 is 0 Å². The summed E-state index contributed by atoms with van der Waals surface area (Å²) in [5.41, 5.74) is 0. The summed E-state index contributed by atoms with van der Waals surface area (Å²) < 4.78 is 2.11. The van der Waals surface area contributed by atoms with Crippen LogP contribution in [-0.2, 0) is 6.54 Å². The van der Waals surface area contributed by atoms with E-state index in [-0.39, 0.29) is 0 Å². The van der Waals surface area contributed by atoms with E-state index < -0.39 is 0 Å². The highest BCUT2D eigenvalue weighted by molar-refractivity contribution is 4.74. The third-order valence-electron chi connectivity index (χ3n) is 2.13. The van der Waals surface area contributed by atoms with Crippen LogP contribution in [0.2, 0.25) is 0 Å². The lowest BCUT2D eigenvalue weighted by atomic mass is 10.4. The minimum atomic E-state index is 1.04. The summed E-state index contributed by atoms with van der Waals surface area (Å²) in [7, 11) is 0. The van der Waals surface area contributed by atoms with Gasteiger partial charge in [0.25, 0.3) is 0 Å². The maximum Gasteiger partial charge on any atom is 0.0946 e. The van der Waals surface area contributed by atoms with E-state index in [4.69, 9.17) is 0 Å². The topological polar surface area (TPSA) is 21.1 Å². The Labute approximate surface area is 74.0 Å². The quantitative estimate of drug-likeness (QED) is 0.657. The van der Waals surface area contributed by atoms with Gasteiger partial charge >= 0.3 is 0 Å². The van der Waals surface area contributed by atoms with Crippen molar-refractivity contribution in [3.8, 4) is 0 Å². The van der Waals surface area contributed by atoms with Crippen LogP contribution in [0.1, 0.15) is 13.8 Å². The second-order valence-corrected chi connectivity index (χ2v) is 2.83. The molecule has 0 saturated carbocycles. The van der Waals surface area contributed by atoms with E-state index in [1.807, 2.05) is 18.7 Å². The van der Waals surface area contributed by atoms with Crippen LogP contribution >= 0.6 is 0 Å². The molecule has 12 heavy (non-hydrogen) atoms. The first kappa shape index (κ1) is 9.26. The number of hydrogen-bond acceptors (Lipinski definition) is 2. The molecule has 0 aliphatic rings. The van der Waals surface area contributed by atoms with Gasteiger partial charge in [0.05, 0.1) is 6.33 Å². The standard InChI is InChI=1S/C9H17N3/c1-3-11(4-2)7-8-12-6-5-10-9-12/h5-6,9H,3-4,7-8H2,1-2H3. The Morgan fingerprint density at radius 3 is 2.58 bits per heavy atom. The maximum absolute atomic E-state index is 4.00. The van der Waals surface area contributed by atoms with Crippen LogP contribution in [0.5, 0.6) is 0 Å². The molecule has 0 aliphatic heterocycles. The van der Waals surface area contributed by atoms with Crippen molar-refractivity contribution in [2.24, 2.45) is 0 Å². The van der Waals surface area contributed by atoms with E-state index in [0.717, 1.165) is 26.2 Å². The summed E-state index contributed by atoms with van der Waals surface area (Å²) in [6, 6.07) is 0. The van der Waals surface area contributed by atoms with E-state index in [9.17, 15) is 0 Å². The van der Waals surface area contributed by atoms with Crippen molar-refractivity contribution in [2.75, 3.05) is 19.6 Å². The predicted octanol–water partition coefficient (Wildman–Crippen LogP) is 1.22. The fourth-order valence-corrected chi connectivity index (χ4v) is 1.22. The van der Waals surface area contributed by atoms with E-state index in [1.54, 1.807) is 0 Å². The monoisotopic (exact) mass is 167 g/mol. The van der Waals surface area contributed by atoms with Gasteiger partial charge < -0.3 is 9.47 Å². The fourth-order valence-electron chi connectivity index (χ4n) is 1.22. The van der Waals surface area contributed by atoms with Crippen LogP contribution in [0.4, 0.5) is 0 Å². The summed E-state index contributed by atoms with van der Waals surface area (Å²) in [5, 5.41) is 0. The molecule has 0 amide bonds. The van der Waals surface area contributed by atoms with Crippen LogP contribution in [0.15, 0.2) is 18.7 Å². The molecule has 0 bridgehead atoms. The molecule has 1 aromatic rings. The van der Waals surface area contributed by atoms with Gasteiger partial charge in [0.15, 0.2) is 0 Å². The number of aromatic nitrogens is 2. The van der Waals surface area contributed by atoms with Gasteiger partial charge in [0.2, 0.25) is 0 Å². The van der Waals surface area contributed by atoms with Crippen LogP contribution in [0.25, 0.3) is 0 Å². The summed E-state index contributed by atoms with van der Waals surface area (Å²) in [6.45, 7) is 8.80. The first-order valence-corrected chi connectivity index (χ1v) is 4.55. The van der Waals surface area contributed by atoms with Crippen LogP contribution in [0.3, 0.4) is 0 Å². The molecule has 1 heterocycles. The van der Waals surface area contributed by atoms with Gasteiger partial charge in [-0.15, -0.1) is 0 Å². The Morgan fingerprint density at radius 1 is 1.33 bits per heavy atom. The molecule has 0 atom stereocenters. The molecule has 0 spiro atoms. The van der Waals surface area contributed by atoms with Crippen molar-refractivity contribution in [2.45, 2.75) is 20.4 Å². The molecule has 1 aromatic heterocycles. The summed E-state index contributed by atoms with van der Waals surface area (Å²) in [5.74, 6) is 0. The first-order chi connectivity index (χ1) is 5.86. The Kier molecular flexibility index (Phi) is 3.80. The molecule has 0 unspecified atom stereocenters. The van der Waals surface area contributed by atoms with Gasteiger partial charge in [-0.25, -0.2) is 4.98 Å². The molecule has 1 rings (SSSR count). The number of rotatable bonds is 5. The zero-order valence-electron chi connectivity index (χ0n) is 7.90. The van der Waals surface area contributed by atoms with Gasteiger partial charge in [0, 0.05) is 25.5 Å². The molecule has 0 aliphatic carbocycles. The zero-order chi connectivity index (χ0) is 8.81. The SMILES string of the molecule is CCN(CC)CCn1ccnc1. The third kappa shape index (κ3) is 2.66. The van der Waals surface area contributed by atoms with Crippen molar-refractivity contribution in [3.63, 3.8) is 0 Å². The molecule has 0 saturated heterocycles. The lowest BCUT2D eigenvalue weighted by Crippen LogP contribution is -2.26. The van der Waals surface area contributed by atoms with Gasteiger partial charge in [-0.3, -0.25) is 0 Å². The third-order valence-corrected chi connectivity index (χ3v) is 2.13.